The maximum atomic E-state index is 14.4. The minimum atomic E-state index is -3.50. The van der Waals surface area contributed by atoms with Crippen molar-refractivity contribution in [2.45, 2.75) is 123 Å². The van der Waals surface area contributed by atoms with E-state index in [9.17, 15) is 32.4 Å². The van der Waals surface area contributed by atoms with Gasteiger partial charge in [0.2, 0.25) is 27.6 Å². The van der Waals surface area contributed by atoms with Gasteiger partial charge in [-0.3, -0.25) is 19.2 Å². The number of carbonyl (C=O) groups is 5. The molecule has 49 heavy (non-hydrogen) atoms. The lowest BCUT2D eigenvalue weighted by Crippen LogP contribution is -2.62. The molecule has 14 heteroatoms. The Labute approximate surface area is 292 Å². The van der Waals surface area contributed by atoms with E-state index in [1.807, 2.05) is 41.5 Å². The summed E-state index contributed by atoms with van der Waals surface area (Å²) in [6, 6.07) is -4.01. The van der Waals surface area contributed by atoms with Crippen LogP contribution in [-0.4, -0.2) is 91.9 Å². The van der Waals surface area contributed by atoms with Gasteiger partial charge in [0.25, 0.3) is 5.91 Å². The van der Waals surface area contributed by atoms with Gasteiger partial charge in [-0.15, -0.1) is 6.58 Å². The molecular formula is C35H58N6O7S. The van der Waals surface area contributed by atoms with E-state index in [0.29, 0.717) is 25.9 Å². The number of amides is 5. The van der Waals surface area contributed by atoms with Crippen LogP contribution in [0, 0.1) is 34.0 Å². The van der Waals surface area contributed by atoms with Gasteiger partial charge in [-0.1, -0.05) is 74.3 Å². The van der Waals surface area contributed by atoms with Crippen molar-refractivity contribution in [3.8, 4) is 0 Å². The van der Waals surface area contributed by atoms with Crippen molar-refractivity contribution in [3.63, 3.8) is 0 Å². The number of hydrogen-bond donors (Lipinski definition) is 5. The van der Waals surface area contributed by atoms with Crippen LogP contribution in [0.4, 0.5) is 4.79 Å². The highest BCUT2D eigenvalue weighted by molar-refractivity contribution is 7.90. The van der Waals surface area contributed by atoms with Crippen molar-refractivity contribution in [2.75, 3.05) is 19.6 Å². The fraction of sp³-hybridized carbons (Fsp3) is 0.800. The van der Waals surface area contributed by atoms with Gasteiger partial charge in [0, 0.05) is 25.7 Å². The monoisotopic (exact) mass is 706 g/mol. The van der Waals surface area contributed by atoms with Gasteiger partial charge in [-0.05, 0) is 59.7 Å². The molecule has 5 N–H and O–H groups in total. The number of Topliss-reactive ketones (excluding diaryl/α,β-unsaturated/α-hetero) is 1. The molecule has 4 aliphatic rings. The normalized spacial score (nSPS) is 27.5. The summed E-state index contributed by atoms with van der Waals surface area (Å²) in [5.41, 5.74) is -1.43. The molecule has 2 aliphatic heterocycles. The van der Waals surface area contributed by atoms with Gasteiger partial charge >= 0.3 is 6.03 Å². The second kappa shape index (κ2) is 14.3. The maximum absolute atomic E-state index is 14.4. The fourth-order valence-electron chi connectivity index (χ4n) is 7.50. The third kappa shape index (κ3) is 9.03. The van der Waals surface area contributed by atoms with E-state index in [-0.39, 0.29) is 36.1 Å². The molecule has 2 saturated heterocycles. The first-order valence-corrected chi connectivity index (χ1v) is 19.2. The molecule has 276 valence electrons. The van der Waals surface area contributed by atoms with Crippen LogP contribution in [-0.2, 0) is 29.2 Å². The number of nitrogens with zero attached hydrogens (tertiary/aromatic N) is 1. The second-order valence-corrected chi connectivity index (χ2v) is 19.3. The van der Waals surface area contributed by atoms with Crippen LogP contribution in [0.15, 0.2) is 12.7 Å². The van der Waals surface area contributed by atoms with Crippen molar-refractivity contribution in [2.24, 2.45) is 34.0 Å². The van der Waals surface area contributed by atoms with Crippen LogP contribution >= 0.6 is 0 Å². The molecule has 0 spiro atoms. The third-order valence-electron chi connectivity index (χ3n) is 11.0. The van der Waals surface area contributed by atoms with Crippen LogP contribution in [0.25, 0.3) is 0 Å². The molecule has 4 fully saturated rings. The molecular weight excluding hydrogens is 648 g/mol. The summed E-state index contributed by atoms with van der Waals surface area (Å²) in [6.45, 7) is 19.8. The van der Waals surface area contributed by atoms with E-state index in [2.05, 4.69) is 46.4 Å². The number of carbonyl (C=O) groups excluding carboxylic acids is 5. The molecule has 2 heterocycles. The van der Waals surface area contributed by atoms with Crippen LogP contribution in [0.5, 0.6) is 0 Å². The van der Waals surface area contributed by atoms with Crippen molar-refractivity contribution < 1.29 is 32.4 Å². The van der Waals surface area contributed by atoms with E-state index in [4.69, 9.17) is 0 Å². The highest BCUT2D eigenvalue weighted by Gasteiger charge is 2.70. The zero-order valence-corrected chi connectivity index (χ0v) is 31.3. The maximum Gasteiger partial charge on any atom is 0.315 e. The minimum Gasteiger partial charge on any atom is -0.346 e. The summed E-state index contributed by atoms with van der Waals surface area (Å²) in [4.78, 5) is 69.4. The van der Waals surface area contributed by atoms with E-state index in [1.54, 1.807) is 0 Å². The summed E-state index contributed by atoms with van der Waals surface area (Å²) in [7, 11) is -3.50. The highest BCUT2D eigenvalue weighted by atomic mass is 32.2. The molecule has 13 nitrogen and oxygen atoms in total. The van der Waals surface area contributed by atoms with Crippen molar-refractivity contribution in [1.29, 1.82) is 0 Å². The van der Waals surface area contributed by atoms with E-state index < -0.39 is 79.8 Å². The van der Waals surface area contributed by atoms with Gasteiger partial charge in [0.15, 0.2) is 0 Å². The molecule has 2 saturated carbocycles. The molecule has 0 aromatic heterocycles. The predicted molar refractivity (Wildman–Crippen MR) is 186 cm³/mol. The SMILES string of the molecule is C=CCNC(=O)C(=O)C(CC1CC1)NC(=O)[C@@H]1[C@@H]2[C@H](CN1C(=O)[C@@H](NC(=O)N[C@H](CC1CCCNS1(=O)=O)C(C)(C)C)C(C)(C)C)C2(C)C. The smallest absolute Gasteiger partial charge is 0.315 e. The number of rotatable bonds is 13. The summed E-state index contributed by atoms with van der Waals surface area (Å²) in [6.07, 6.45) is 5.10. The van der Waals surface area contributed by atoms with Gasteiger partial charge in [0.05, 0.1) is 11.3 Å². The topological polar surface area (TPSA) is 183 Å². The number of ketones is 1. The molecule has 5 amide bonds. The lowest BCUT2D eigenvalue weighted by molar-refractivity contribution is -0.145. The Morgan fingerprint density at radius 3 is 2.16 bits per heavy atom. The summed E-state index contributed by atoms with van der Waals surface area (Å²) < 4.78 is 28.0. The van der Waals surface area contributed by atoms with Crippen LogP contribution in [0.2, 0.25) is 0 Å². The Kier molecular flexibility index (Phi) is 11.3. The third-order valence-corrected chi connectivity index (χ3v) is 12.9. The van der Waals surface area contributed by atoms with Crippen molar-refractivity contribution in [1.82, 2.24) is 30.9 Å². The number of sulfonamides is 1. The van der Waals surface area contributed by atoms with E-state index >= 15 is 0 Å². The minimum absolute atomic E-state index is 0.0615. The molecule has 0 aromatic carbocycles. The molecule has 0 bridgehead atoms. The Bertz CT molecular complexity index is 1430. The average molecular weight is 707 g/mol. The van der Waals surface area contributed by atoms with Crippen molar-refractivity contribution >= 4 is 39.6 Å². The number of nitrogens with one attached hydrogen (secondary N) is 5. The Hall–Kier alpha value is -3.00. The van der Waals surface area contributed by atoms with Crippen molar-refractivity contribution in [3.05, 3.63) is 12.7 Å². The van der Waals surface area contributed by atoms with E-state index in [0.717, 1.165) is 19.3 Å². The lowest BCUT2D eigenvalue weighted by atomic mass is 9.83. The largest absolute Gasteiger partial charge is 0.346 e. The van der Waals surface area contributed by atoms with Gasteiger partial charge in [-0.25, -0.2) is 17.9 Å². The molecule has 2 unspecified atom stereocenters. The van der Waals surface area contributed by atoms with E-state index in [1.165, 1.54) is 11.0 Å². The van der Waals surface area contributed by atoms with Crippen LogP contribution in [0.1, 0.15) is 93.9 Å². The Morgan fingerprint density at radius 1 is 0.959 bits per heavy atom. The van der Waals surface area contributed by atoms with Gasteiger partial charge in [-0.2, -0.15) is 0 Å². The first-order chi connectivity index (χ1) is 22.6. The highest BCUT2D eigenvalue weighted by Crippen LogP contribution is 2.65. The molecule has 4 rings (SSSR count). The summed E-state index contributed by atoms with van der Waals surface area (Å²) in [5, 5.41) is 10.6. The number of urea groups is 1. The zero-order valence-electron chi connectivity index (χ0n) is 30.5. The molecule has 2 aliphatic carbocycles. The first-order valence-electron chi connectivity index (χ1n) is 17.7. The lowest BCUT2D eigenvalue weighted by Gasteiger charge is -2.39. The molecule has 0 radical (unpaired) electrons. The number of fused-ring (bicyclic) bond motifs is 1. The molecule has 7 atom stereocenters. The number of hydrogen-bond acceptors (Lipinski definition) is 7. The number of likely N-dealkylation sites (tertiary alicyclic amines) is 1. The fourth-order valence-corrected chi connectivity index (χ4v) is 9.09. The quantitative estimate of drug-likeness (QED) is 0.144. The van der Waals surface area contributed by atoms with Gasteiger partial charge < -0.3 is 26.2 Å². The van der Waals surface area contributed by atoms with Crippen LogP contribution in [0.3, 0.4) is 0 Å². The van der Waals surface area contributed by atoms with Crippen LogP contribution < -0.4 is 26.0 Å². The Morgan fingerprint density at radius 2 is 1.61 bits per heavy atom. The second-order valence-electron chi connectivity index (χ2n) is 17.3. The summed E-state index contributed by atoms with van der Waals surface area (Å²) >= 11 is 0. The zero-order chi connectivity index (χ0) is 36.7. The first kappa shape index (κ1) is 38.8. The summed E-state index contributed by atoms with van der Waals surface area (Å²) in [5.74, 6) is -2.24. The standard InChI is InChI=1S/C35H58N6O7S/c1-10-15-36-30(44)27(42)23(17-20-13-14-20)38-29(43)26-25-22(35(25,8)9)19-41(26)31(45)28(34(5,6)7)40-32(46)39-24(33(2,3)4)18-21-12-11-16-37-49(21,47)48/h10,20-26,28,37H,1,11-19H2,2-9H3,(H,36,44)(H,38,43)(H2,39,40,46)/t21?,22-,23?,24+,25-,26-,28+/m0/s1. The average Bonchev–Trinajstić information content (AvgIpc) is 3.84. The Balaban J connectivity index is 1.52. The number of piperidine rings is 1. The van der Waals surface area contributed by atoms with Gasteiger partial charge in [0.1, 0.15) is 12.1 Å². The predicted octanol–water partition coefficient (Wildman–Crippen LogP) is 2.23. The molecule has 0 aromatic rings.